The third-order valence-electron chi connectivity index (χ3n) is 19.6. The molecule has 20 aromatic rings. The van der Waals surface area contributed by atoms with Crippen molar-refractivity contribution in [2.75, 3.05) is 0 Å². The van der Waals surface area contributed by atoms with Gasteiger partial charge in [0.2, 0.25) is 0 Å². The van der Waals surface area contributed by atoms with Crippen molar-refractivity contribution in [2.24, 2.45) is 0 Å². The van der Waals surface area contributed by atoms with Crippen LogP contribution in [0, 0.1) is 55.4 Å². The average Bonchev–Trinajstić information content (AvgIpc) is 1.65. The summed E-state index contributed by atoms with van der Waals surface area (Å²) >= 11 is 6.08. The maximum Gasteiger partial charge on any atom is 0.280 e. The Balaban J connectivity index is 0.000000105. The first-order chi connectivity index (χ1) is 53.7. The monoisotopic (exact) mass is 1480 g/mol. The molecule has 0 atom stereocenters. The van der Waals surface area contributed by atoms with Crippen LogP contribution < -0.4 is 27.8 Å². The first-order valence-corrected chi connectivity index (χ1v) is 36.1. The van der Waals surface area contributed by atoms with E-state index in [-0.39, 0.29) is 34.4 Å². The van der Waals surface area contributed by atoms with E-state index in [9.17, 15) is 29.1 Å². The summed E-state index contributed by atoms with van der Waals surface area (Å²) in [6.45, 7) is 16.0. The van der Waals surface area contributed by atoms with E-state index in [1.165, 1.54) is 9.36 Å². The molecule has 11 aromatic heterocycles. The second-order valence-electron chi connectivity index (χ2n) is 27.7. The lowest BCUT2D eigenvalue weighted by molar-refractivity contribution is 0.282. The highest BCUT2D eigenvalue weighted by atomic mass is 35.5. The maximum absolute atomic E-state index is 12.6. The van der Waals surface area contributed by atoms with Crippen LogP contribution in [-0.4, -0.2) is 83.9 Å². The molecular formula is C88H71ClN16O6. The summed E-state index contributed by atoms with van der Waals surface area (Å²) in [7, 11) is 0. The van der Waals surface area contributed by atoms with Gasteiger partial charge in [0.05, 0.1) is 123 Å². The first kappa shape index (κ1) is 71.1. The Labute approximate surface area is 635 Å². The van der Waals surface area contributed by atoms with Crippen LogP contribution in [0.3, 0.4) is 0 Å². The smallest absolute Gasteiger partial charge is 0.280 e. The summed E-state index contributed by atoms with van der Waals surface area (Å²) < 4.78 is 7.74. The van der Waals surface area contributed by atoms with Crippen LogP contribution in [0.1, 0.15) is 50.2 Å². The Morgan fingerprint density at radius 1 is 0.279 bits per heavy atom. The van der Waals surface area contributed by atoms with Gasteiger partial charge < -0.3 is 5.11 Å². The molecule has 111 heavy (non-hydrogen) atoms. The van der Waals surface area contributed by atoms with E-state index in [0.29, 0.717) is 37.6 Å². The molecule has 0 aliphatic rings. The van der Waals surface area contributed by atoms with Crippen LogP contribution in [0.2, 0.25) is 5.02 Å². The molecule has 0 unspecified atom stereocenters. The summed E-state index contributed by atoms with van der Waals surface area (Å²) in [6, 6.07) is 64.2. The van der Waals surface area contributed by atoms with Gasteiger partial charge in [0, 0.05) is 68.6 Å². The second-order valence-corrected chi connectivity index (χ2v) is 28.2. The average molecular weight is 1480 g/mol. The highest BCUT2D eigenvalue weighted by Crippen LogP contribution is 2.29. The van der Waals surface area contributed by atoms with Crippen molar-refractivity contribution in [1.82, 2.24) is 78.8 Å². The number of H-pyrrole nitrogens is 5. The number of fused-ring (bicyclic) bond motifs is 15. The second kappa shape index (κ2) is 29.2. The topological polar surface area (TPSA) is 287 Å². The summed E-state index contributed by atoms with van der Waals surface area (Å²) in [5.41, 5.74) is 21.3. The molecule has 0 aliphatic heterocycles. The van der Waals surface area contributed by atoms with Gasteiger partial charge in [-0.2, -0.15) is 0 Å². The molecular weight excluding hydrogens is 1410 g/mol. The zero-order chi connectivity index (χ0) is 77.0. The van der Waals surface area contributed by atoms with E-state index < -0.39 is 0 Å². The SMILES string of the molecule is Cc1ccc(-n2[nH]c3c(cnc4cc(C)ccc43)c2=O)cc1.Cc1ccc(-n2[nH]c3c(cnc4cc(C)ccc43)c2=O)cc1.Cc1ccc(-n2[nH]c3c(cnc4cc(CO)ccc43)c2=O)cc1.Cc1ccc2c(c1)ncc1c(=O)n(-c3ccc(C)nc3)[nH]c12.Cc1cccc(-n2[nH]c3c(cnc4ccc(Cl)cc43)c2=O)c1. The van der Waals surface area contributed by atoms with E-state index in [2.05, 4.69) is 55.4 Å². The zero-order valence-corrected chi connectivity index (χ0v) is 62.3. The molecule has 6 N–H and O–H groups in total. The third-order valence-corrected chi connectivity index (χ3v) is 19.8. The number of aliphatic hydroxyl groups excluding tert-OH is 1. The molecule has 546 valence electrons. The van der Waals surface area contributed by atoms with Crippen molar-refractivity contribution < 1.29 is 5.11 Å². The van der Waals surface area contributed by atoms with E-state index in [4.69, 9.17) is 11.6 Å². The number of aromatic nitrogens is 16. The molecule has 9 aromatic carbocycles. The Hall–Kier alpha value is -14.2. The number of nitrogens with zero attached hydrogens (tertiary/aromatic N) is 11. The van der Waals surface area contributed by atoms with Crippen molar-refractivity contribution >= 4 is 121 Å². The van der Waals surface area contributed by atoms with Gasteiger partial charge in [-0.1, -0.05) is 125 Å². The van der Waals surface area contributed by atoms with E-state index >= 15 is 0 Å². The number of rotatable bonds is 6. The van der Waals surface area contributed by atoms with Gasteiger partial charge in [0.15, 0.2) is 0 Å². The number of benzene rings is 9. The number of hydrogen-bond acceptors (Lipinski definition) is 12. The maximum atomic E-state index is 12.6. The quantitative estimate of drug-likeness (QED) is 0.0906. The Morgan fingerprint density at radius 2 is 0.604 bits per heavy atom. The van der Waals surface area contributed by atoms with E-state index in [0.717, 1.165) is 155 Å². The molecule has 20 rings (SSSR count). The normalized spacial score (nSPS) is 11.4. The lowest BCUT2D eigenvalue weighted by atomic mass is 10.1. The van der Waals surface area contributed by atoms with Gasteiger partial charge in [0.25, 0.3) is 27.8 Å². The number of hydrogen-bond donors (Lipinski definition) is 6. The molecule has 22 nitrogen and oxygen atoms in total. The van der Waals surface area contributed by atoms with Crippen LogP contribution >= 0.6 is 11.6 Å². The number of aromatic amines is 5. The summed E-state index contributed by atoms with van der Waals surface area (Å²) in [6.07, 6.45) is 9.82. The summed E-state index contributed by atoms with van der Waals surface area (Å²) in [5.74, 6) is 0. The lowest BCUT2D eigenvalue weighted by Gasteiger charge is -2.02. The molecule has 23 heteroatoms. The minimum absolute atomic E-state index is 0.0312. The Morgan fingerprint density at radius 3 is 0.973 bits per heavy atom. The fraction of sp³-hybridized carbons (Fsp3) is 0.102. The number of pyridine rings is 6. The van der Waals surface area contributed by atoms with Crippen molar-refractivity contribution in [1.29, 1.82) is 0 Å². The largest absolute Gasteiger partial charge is 0.392 e. The van der Waals surface area contributed by atoms with E-state index in [1.54, 1.807) is 57.3 Å². The molecule has 0 bridgehead atoms. The molecule has 0 spiro atoms. The molecule has 0 aliphatic carbocycles. The summed E-state index contributed by atoms with van der Waals surface area (Å²) in [5, 5.41) is 33.3. The Kier molecular flexibility index (Phi) is 18.7. The fourth-order valence-corrected chi connectivity index (χ4v) is 13.8. The van der Waals surface area contributed by atoms with Gasteiger partial charge in [-0.05, 0) is 186 Å². The highest BCUT2D eigenvalue weighted by Gasteiger charge is 2.19. The number of aryl methyl sites for hydroxylation is 8. The van der Waals surface area contributed by atoms with Crippen LogP contribution in [0.5, 0.6) is 0 Å². The van der Waals surface area contributed by atoms with Crippen molar-refractivity contribution in [3.63, 3.8) is 0 Å². The van der Waals surface area contributed by atoms with Gasteiger partial charge in [-0.3, -0.25) is 79.4 Å². The minimum Gasteiger partial charge on any atom is -0.392 e. The number of nitrogens with one attached hydrogen (secondary N) is 5. The van der Waals surface area contributed by atoms with E-state index in [1.807, 2.05) is 250 Å². The zero-order valence-electron chi connectivity index (χ0n) is 61.5. The first-order valence-electron chi connectivity index (χ1n) is 35.7. The highest BCUT2D eigenvalue weighted by molar-refractivity contribution is 6.31. The predicted octanol–water partition coefficient (Wildman–Crippen LogP) is 16.3. The van der Waals surface area contributed by atoms with Gasteiger partial charge >= 0.3 is 0 Å². The molecule has 0 saturated carbocycles. The fourth-order valence-electron chi connectivity index (χ4n) is 13.6. The molecule has 0 fully saturated rings. The third kappa shape index (κ3) is 13.7. The number of aliphatic hydroxyl groups is 1. The predicted molar refractivity (Wildman–Crippen MR) is 443 cm³/mol. The molecule has 0 radical (unpaired) electrons. The van der Waals surface area contributed by atoms with Gasteiger partial charge in [0.1, 0.15) is 0 Å². The summed E-state index contributed by atoms with van der Waals surface area (Å²) in [4.78, 5) is 89.3. The van der Waals surface area contributed by atoms with Crippen LogP contribution in [0.4, 0.5) is 0 Å². The van der Waals surface area contributed by atoms with Crippen LogP contribution in [0.25, 0.3) is 137 Å². The van der Waals surface area contributed by atoms with Gasteiger partial charge in [-0.25, -0.2) is 23.4 Å². The van der Waals surface area contributed by atoms with Crippen LogP contribution in [-0.2, 0) is 6.61 Å². The molecule has 0 amide bonds. The molecule has 11 heterocycles. The van der Waals surface area contributed by atoms with Crippen molar-refractivity contribution in [3.8, 4) is 28.4 Å². The van der Waals surface area contributed by atoms with Gasteiger partial charge in [-0.15, -0.1) is 0 Å². The Bertz CT molecular complexity index is 6950. The lowest BCUT2D eigenvalue weighted by Crippen LogP contribution is -2.14. The van der Waals surface area contributed by atoms with Crippen molar-refractivity contribution in [2.45, 2.75) is 62.0 Å². The minimum atomic E-state index is -0.121. The van der Waals surface area contributed by atoms with Crippen molar-refractivity contribution in [3.05, 3.63) is 344 Å². The number of halogens is 1. The standard InChI is InChI=1S/C18H15N3O2.2C18H15N3O.C17H12ClN3O.C17H14N4O/c1-11-2-5-13(6-3-11)21-18(23)15-9-19-16-8-12(10-22)4-7-14(16)17(15)20-21;2*1-11-3-6-13(7-4-11)21-18(22)15-10-19-16-9-12(2)5-8-14(16)17(15)20-21;1-10-3-2-4-12(7-10)21-17(22)14-9-19-15-6-5-11(18)8-13(15)16(14)20-21;1-10-3-6-13-15(7-10)19-9-14-16(13)20-21(17(14)22)12-5-4-11(2)18-8-12/h2-9,20,22H,10H2,1H3;2*3-10,20H,1-2H3;2-9,20H,1H3;3-9,20H,1-2H3. The van der Waals surface area contributed by atoms with Crippen LogP contribution in [0.15, 0.2) is 261 Å². The molecule has 0 saturated heterocycles.